The average molecular weight is 501 g/mol. The summed E-state index contributed by atoms with van der Waals surface area (Å²) in [7, 11) is 0. The molecule has 0 aliphatic heterocycles. The molecule has 154 valence electrons. The van der Waals surface area contributed by atoms with E-state index in [1.54, 1.807) is 18.3 Å². The van der Waals surface area contributed by atoms with Crippen LogP contribution in [-0.4, -0.2) is 15.9 Å². The van der Waals surface area contributed by atoms with E-state index in [9.17, 15) is 4.39 Å². The van der Waals surface area contributed by atoms with Gasteiger partial charge in [-0.1, -0.05) is 23.7 Å². The molecule has 0 fully saturated rings. The molecule has 29 heavy (non-hydrogen) atoms. The van der Waals surface area contributed by atoms with Crippen LogP contribution in [0.3, 0.4) is 0 Å². The Balaban J connectivity index is 0.000000567. The van der Waals surface area contributed by atoms with Gasteiger partial charge in [0.1, 0.15) is 11.9 Å². The summed E-state index contributed by atoms with van der Waals surface area (Å²) < 4.78 is 13.5. The van der Waals surface area contributed by atoms with Crippen LogP contribution in [0.1, 0.15) is 28.4 Å². The highest BCUT2D eigenvalue weighted by Crippen LogP contribution is 2.23. The number of aryl methyl sites for hydroxylation is 1. The number of halogens is 3. The lowest BCUT2D eigenvalue weighted by Crippen LogP contribution is -2.14. The number of nitriles is 1. The first-order valence-electron chi connectivity index (χ1n) is 7.83. The molecule has 1 aromatic heterocycles. The van der Waals surface area contributed by atoms with E-state index >= 15 is 0 Å². The quantitative estimate of drug-likeness (QED) is 0.512. The number of thiol groups is 1. The molecule has 0 saturated heterocycles. The molecule has 5 nitrogen and oxygen atoms in total. The molecule has 3 aromatic rings. The molecule has 1 atom stereocenters. The van der Waals surface area contributed by atoms with Gasteiger partial charge in [-0.3, -0.25) is 4.98 Å². The lowest BCUT2D eigenvalue weighted by Gasteiger charge is -2.14. The predicted octanol–water partition coefficient (Wildman–Crippen LogP) is 4.19. The predicted molar refractivity (Wildman–Crippen MR) is 120 cm³/mol. The second-order valence-corrected chi connectivity index (χ2v) is 7.53. The van der Waals surface area contributed by atoms with Crippen LogP contribution in [0.25, 0.3) is 0 Å². The maximum Gasteiger partial charge on any atom is 0.142 e. The number of aromatic nitrogens is 1. The van der Waals surface area contributed by atoms with E-state index < -0.39 is 5.82 Å². The molecular weight excluding hydrogens is 481 g/mol. The van der Waals surface area contributed by atoms with E-state index in [0.29, 0.717) is 9.92 Å². The molecule has 1 heterocycles. The van der Waals surface area contributed by atoms with Crippen molar-refractivity contribution in [1.29, 1.82) is 5.26 Å². The van der Waals surface area contributed by atoms with E-state index in [2.05, 4.69) is 33.5 Å². The van der Waals surface area contributed by atoms with Crippen LogP contribution < -0.4 is 5.73 Å². The summed E-state index contributed by atoms with van der Waals surface area (Å²) in [5.41, 5.74) is 9.21. The van der Waals surface area contributed by atoms with Gasteiger partial charge in [0.25, 0.3) is 0 Å². The highest BCUT2D eigenvalue weighted by molar-refractivity contribution is 9.10. The Morgan fingerprint density at radius 3 is 2.31 bits per heavy atom. The van der Waals surface area contributed by atoms with Crippen LogP contribution >= 0.6 is 40.2 Å². The van der Waals surface area contributed by atoms with Gasteiger partial charge in [0.15, 0.2) is 0 Å². The summed E-state index contributed by atoms with van der Waals surface area (Å²) in [6.07, 6.45) is 1.76. The summed E-state index contributed by atoms with van der Waals surface area (Å²) in [5.74, 6) is -0.519. The second-order valence-electron chi connectivity index (χ2n) is 5.66. The molecule has 0 unspecified atom stereocenters. The summed E-state index contributed by atoms with van der Waals surface area (Å²) >= 11 is 13.1. The minimum Gasteiger partial charge on any atom is -0.412 e. The van der Waals surface area contributed by atoms with Crippen molar-refractivity contribution in [3.8, 4) is 6.07 Å². The summed E-state index contributed by atoms with van der Waals surface area (Å²) in [5, 5.41) is 9.00. The topological polar surface area (TPSA) is 126 Å². The number of rotatable bonds is 2. The lowest BCUT2D eigenvalue weighted by atomic mass is 10.0. The number of nitrogens with zero attached hydrogens (tertiary/aromatic N) is 2. The van der Waals surface area contributed by atoms with Crippen molar-refractivity contribution in [2.45, 2.75) is 17.9 Å². The van der Waals surface area contributed by atoms with Crippen LogP contribution in [0, 0.1) is 24.1 Å². The van der Waals surface area contributed by atoms with Crippen molar-refractivity contribution >= 4 is 40.2 Å². The Labute approximate surface area is 187 Å². The molecule has 0 spiro atoms. The van der Waals surface area contributed by atoms with E-state index in [4.69, 9.17) is 22.6 Å². The normalized spacial score (nSPS) is 10.4. The minimum atomic E-state index is -0.519. The van der Waals surface area contributed by atoms with Gasteiger partial charge in [-0.05, 0) is 70.4 Å². The van der Waals surface area contributed by atoms with Crippen molar-refractivity contribution in [2.24, 2.45) is 5.73 Å². The van der Waals surface area contributed by atoms with Gasteiger partial charge in [0.05, 0.1) is 17.3 Å². The van der Waals surface area contributed by atoms with Gasteiger partial charge >= 0.3 is 0 Å². The molecular formula is C20H20BrClFN3O2S. The van der Waals surface area contributed by atoms with Crippen molar-refractivity contribution in [1.82, 2.24) is 4.98 Å². The molecule has 0 amide bonds. The highest BCUT2D eigenvalue weighted by atomic mass is 79.9. The van der Waals surface area contributed by atoms with Crippen LogP contribution in [-0.2, 0) is 0 Å². The van der Waals surface area contributed by atoms with Crippen molar-refractivity contribution in [2.75, 3.05) is 0 Å². The first kappa shape index (κ1) is 27.0. The molecule has 0 saturated carbocycles. The zero-order valence-corrected chi connectivity index (χ0v) is 18.6. The minimum absolute atomic E-state index is 0. The number of hydrogen-bond donors (Lipinski definition) is 2. The van der Waals surface area contributed by atoms with E-state index in [1.807, 2.05) is 37.3 Å². The maximum absolute atomic E-state index is 12.6. The third kappa shape index (κ3) is 7.74. The molecule has 0 aliphatic carbocycles. The van der Waals surface area contributed by atoms with Crippen LogP contribution in [0.15, 0.2) is 64.1 Å². The average Bonchev–Trinajstić information content (AvgIpc) is 2.62. The molecule has 0 radical (unpaired) electrons. The summed E-state index contributed by atoms with van der Waals surface area (Å²) in [4.78, 5) is 4.90. The van der Waals surface area contributed by atoms with Gasteiger partial charge in [-0.2, -0.15) is 5.26 Å². The van der Waals surface area contributed by atoms with Gasteiger partial charge in [-0.15, -0.1) is 12.6 Å². The van der Waals surface area contributed by atoms with E-state index in [-0.39, 0.29) is 22.6 Å². The second kappa shape index (κ2) is 12.5. The number of benzene rings is 2. The highest BCUT2D eigenvalue weighted by Gasteiger charge is 2.13. The van der Waals surface area contributed by atoms with Crippen LogP contribution in [0.4, 0.5) is 4.39 Å². The Morgan fingerprint density at radius 1 is 1.17 bits per heavy atom. The largest absolute Gasteiger partial charge is 0.412 e. The third-order valence-corrected chi connectivity index (χ3v) is 4.65. The first-order valence-corrected chi connectivity index (χ1v) is 9.45. The molecule has 6 N–H and O–H groups in total. The Morgan fingerprint density at radius 2 is 1.79 bits per heavy atom. The lowest BCUT2D eigenvalue weighted by molar-refractivity contribution is 0.620. The van der Waals surface area contributed by atoms with Crippen LogP contribution in [0.5, 0.6) is 0 Å². The van der Waals surface area contributed by atoms with Crippen molar-refractivity contribution in [3.63, 3.8) is 0 Å². The van der Waals surface area contributed by atoms with Crippen LogP contribution in [0.2, 0.25) is 5.02 Å². The van der Waals surface area contributed by atoms with Gasteiger partial charge in [-0.25, -0.2) is 4.39 Å². The Bertz CT molecular complexity index is 984. The standard InChI is InChI=1S/C13H12BrClN2.C7H4FNS.2H2O/c1-8-6-10(14)7-17-13(8)12(16)9-2-4-11(15)5-3-9;8-7-3-6(10)2-1-5(7)4-9;;/h2-7,12H,16H2,1H3;1-3,10H;2*1H2/t12-;;;/m0.../s1. The first-order chi connectivity index (χ1) is 12.8. The van der Waals surface area contributed by atoms with Crippen molar-refractivity contribution < 1.29 is 15.3 Å². The summed E-state index contributed by atoms with van der Waals surface area (Å²) in [6.45, 7) is 2.00. The van der Waals surface area contributed by atoms with Gasteiger partial charge in [0, 0.05) is 20.6 Å². The Hall–Kier alpha value is -1.99. The smallest absolute Gasteiger partial charge is 0.142 e. The Kier molecular flexibility index (Phi) is 11.7. The fourth-order valence-electron chi connectivity index (χ4n) is 2.30. The fourth-order valence-corrected chi connectivity index (χ4v) is 3.06. The number of nitrogens with two attached hydrogens (primary N) is 1. The third-order valence-electron chi connectivity index (χ3n) is 3.68. The van der Waals surface area contributed by atoms with E-state index in [1.165, 1.54) is 12.1 Å². The van der Waals surface area contributed by atoms with Gasteiger partial charge in [0.2, 0.25) is 0 Å². The maximum atomic E-state index is 12.6. The molecule has 0 bridgehead atoms. The number of hydrogen-bond acceptors (Lipinski definition) is 4. The molecule has 2 aromatic carbocycles. The fraction of sp³-hybridized carbons (Fsp3) is 0.100. The monoisotopic (exact) mass is 499 g/mol. The van der Waals surface area contributed by atoms with Crippen molar-refractivity contribution in [3.05, 3.63) is 92.4 Å². The summed E-state index contributed by atoms with van der Waals surface area (Å²) in [6, 6.07) is 15.2. The molecule has 0 aliphatic rings. The molecule has 3 rings (SSSR count). The zero-order chi connectivity index (χ0) is 20.0. The zero-order valence-electron chi connectivity index (χ0n) is 15.3. The molecule has 9 heteroatoms. The van der Waals surface area contributed by atoms with E-state index in [0.717, 1.165) is 21.3 Å². The SMILES string of the molecule is Cc1cc(Br)cnc1[C@@H](N)c1ccc(Cl)cc1.N#Cc1ccc(S)cc1F.O.O. The number of pyridine rings is 1. The van der Waals surface area contributed by atoms with Gasteiger partial charge < -0.3 is 16.7 Å².